The van der Waals surface area contributed by atoms with Gasteiger partial charge in [-0.2, -0.15) is 0 Å². The van der Waals surface area contributed by atoms with Gasteiger partial charge in [-0.15, -0.1) is 0 Å². The van der Waals surface area contributed by atoms with Crippen molar-refractivity contribution in [2.75, 3.05) is 13.2 Å². The maximum Gasteiger partial charge on any atom is 0.343 e. The summed E-state index contributed by atoms with van der Waals surface area (Å²) < 4.78 is 16.8. The van der Waals surface area contributed by atoms with Gasteiger partial charge in [-0.1, -0.05) is 122 Å². The van der Waals surface area contributed by atoms with Crippen LogP contribution in [0.15, 0.2) is 72.8 Å². The molecule has 3 aromatic carbocycles. The molecule has 238 valence electrons. The lowest BCUT2D eigenvalue weighted by Gasteiger charge is -2.10. The largest absolute Gasteiger partial charge is 0.494 e. The van der Waals surface area contributed by atoms with Crippen LogP contribution in [-0.2, 0) is 4.74 Å². The van der Waals surface area contributed by atoms with E-state index in [1.165, 1.54) is 70.6 Å². The number of carbonyl (C=O) groups excluding carboxylic acids is 2. The molecule has 0 aliphatic heterocycles. The number of carbonyl (C=O) groups is 2. The molecule has 0 aliphatic carbocycles. The number of benzene rings is 3. The minimum Gasteiger partial charge on any atom is -0.494 e. The normalized spacial score (nSPS) is 11.6. The fourth-order valence-electron chi connectivity index (χ4n) is 4.92. The fraction of sp³-hybridized carbons (Fsp3) is 0.487. The van der Waals surface area contributed by atoms with Gasteiger partial charge in [-0.25, -0.2) is 9.59 Å². The molecule has 0 bridgehead atoms. The van der Waals surface area contributed by atoms with Crippen LogP contribution in [0.2, 0.25) is 0 Å². The van der Waals surface area contributed by atoms with Crippen molar-refractivity contribution in [2.24, 2.45) is 5.92 Å². The van der Waals surface area contributed by atoms with E-state index in [0.29, 0.717) is 36.0 Å². The highest BCUT2D eigenvalue weighted by Gasteiger charge is 2.11. The summed E-state index contributed by atoms with van der Waals surface area (Å²) in [6.45, 7) is 7.52. The number of ether oxygens (including phenoxy) is 3. The van der Waals surface area contributed by atoms with E-state index in [9.17, 15) is 9.59 Å². The zero-order valence-corrected chi connectivity index (χ0v) is 27.2. The Bertz CT molecular complexity index is 1210. The molecule has 0 amide bonds. The zero-order valence-electron chi connectivity index (χ0n) is 27.2. The van der Waals surface area contributed by atoms with Crippen molar-refractivity contribution < 1.29 is 23.8 Å². The molecule has 0 aliphatic rings. The second-order valence-electron chi connectivity index (χ2n) is 11.9. The maximum absolute atomic E-state index is 12.7. The molecule has 3 aromatic rings. The smallest absolute Gasteiger partial charge is 0.343 e. The molecule has 44 heavy (non-hydrogen) atoms. The zero-order chi connectivity index (χ0) is 31.4. The Morgan fingerprint density at radius 1 is 0.568 bits per heavy atom. The molecule has 0 fully saturated rings. The SMILES string of the molecule is CCCCCCCCCCCCCCOc1ccc(C(=O)Oc2ccc(-c3ccc(C(=O)OCC(C)CC)cc3)cc2)cc1. The molecule has 0 spiro atoms. The molecule has 5 nitrogen and oxygen atoms in total. The van der Waals surface area contributed by atoms with E-state index >= 15 is 0 Å². The highest BCUT2D eigenvalue weighted by Crippen LogP contribution is 2.24. The van der Waals surface area contributed by atoms with Crippen LogP contribution in [0.25, 0.3) is 11.1 Å². The van der Waals surface area contributed by atoms with Crippen molar-refractivity contribution in [1.29, 1.82) is 0 Å². The van der Waals surface area contributed by atoms with Gasteiger partial charge in [-0.3, -0.25) is 0 Å². The lowest BCUT2D eigenvalue weighted by Crippen LogP contribution is -2.11. The molecule has 0 N–H and O–H groups in total. The Labute approximate surface area is 265 Å². The Hall–Kier alpha value is -3.60. The van der Waals surface area contributed by atoms with Crippen LogP contribution < -0.4 is 9.47 Å². The summed E-state index contributed by atoms with van der Waals surface area (Å²) in [6.07, 6.45) is 16.8. The van der Waals surface area contributed by atoms with Crippen LogP contribution in [0, 0.1) is 5.92 Å². The van der Waals surface area contributed by atoms with Crippen LogP contribution >= 0.6 is 0 Å². The van der Waals surface area contributed by atoms with Gasteiger partial charge < -0.3 is 14.2 Å². The van der Waals surface area contributed by atoms with Gasteiger partial charge >= 0.3 is 11.9 Å². The van der Waals surface area contributed by atoms with Crippen molar-refractivity contribution in [3.8, 4) is 22.6 Å². The summed E-state index contributed by atoms with van der Waals surface area (Å²) in [7, 11) is 0. The first-order valence-corrected chi connectivity index (χ1v) is 16.8. The van der Waals surface area contributed by atoms with Crippen molar-refractivity contribution in [1.82, 2.24) is 0 Å². The average Bonchev–Trinajstić information content (AvgIpc) is 3.06. The van der Waals surface area contributed by atoms with Crippen molar-refractivity contribution in [2.45, 2.75) is 104 Å². The molecule has 3 rings (SSSR count). The van der Waals surface area contributed by atoms with Crippen molar-refractivity contribution in [3.63, 3.8) is 0 Å². The lowest BCUT2D eigenvalue weighted by atomic mass is 10.0. The van der Waals surface area contributed by atoms with Crippen LogP contribution in [0.1, 0.15) is 125 Å². The molecule has 1 atom stereocenters. The predicted octanol–water partition coefficient (Wildman–Crippen LogP) is 10.9. The molecular formula is C39H52O5. The predicted molar refractivity (Wildman–Crippen MR) is 180 cm³/mol. The average molecular weight is 601 g/mol. The molecule has 5 heteroatoms. The van der Waals surface area contributed by atoms with E-state index < -0.39 is 5.97 Å². The number of esters is 2. The van der Waals surface area contributed by atoms with Crippen molar-refractivity contribution in [3.05, 3.63) is 83.9 Å². The third kappa shape index (κ3) is 13.0. The molecule has 0 aromatic heterocycles. The highest BCUT2D eigenvalue weighted by atomic mass is 16.5. The molecular weight excluding hydrogens is 548 g/mol. The summed E-state index contributed by atoms with van der Waals surface area (Å²) in [6, 6.07) is 21.8. The third-order valence-corrected chi connectivity index (χ3v) is 8.07. The molecule has 0 heterocycles. The Morgan fingerprint density at radius 3 is 1.57 bits per heavy atom. The third-order valence-electron chi connectivity index (χ3n) is 8.07. The summed E-state index contributed by atoms with van der Waals surface area (Å²) in [5.41, 5.74) is 2.92. The fourth-order valence-corrected chi connectivity index (χ4v) is 4.92. The van der Waals surface area contributed by atoms with Gasteiger partial charge in [0.05, 0.1) is 24.3 Å². The summed E-state index contributed by atoms with van der Waals surface area (Å²) in [4.78, 5) is 24.9. The van der Waals surface area contributed by atoms with Crippen molar-refractivity contribution >= 4 is 11.9 Å². The van der Waals surface area contributed by atoms with E-state index in [0.717, 1.165) is 29.7 Å². The molecule has 0 radical (unpaired) electrons. The molecule has 1 unspecified atom stereocenters. The summed E-state index contributed by atoms with van der Waals surface area (Å²) >= 11 is 0. The van der Waals surface area contributed by atoms with E-state index in [4.69, 9.17) is 14.2 Å². The Kier molecular flexibility index (Phi) is 16.2. The molecule has 0 saturated heterocycles. The minimum atomic E-state index is -0.412. The number of hydrogen-bond acceptors (Lipinski definition) is 5. The topological polar surface area (TPSA) is 61.8 Å². The second kappa shape index (κ2) is 20.4. The van der Waals surface area contributed by atoms with Gasteiger partial charge in [0.2, 0.25) is 0 Å². The monoisotopic (exact) mass is 600 g/mol. The first-order valence-electron chi connectivity index (χ1n) is 16.8. The van der Waals surface area contributed by atoms with Gasteiger partial charge in [0.15, 0.2) is 0 Å². The maximum atomic E-state index is 12.7. The van der Waals surface area contributed by atoms with E-state index in [1.807, 2.05) is 36.4 Å². The lowest BCUT2D eigenvalue weighted by molar-refractivity contribution is 0.0447. The highest BCUT2D eigenvalue weighted by molar-refractivity contribution is 5.91. The Balaban J connectivity index is 1.33. The van der Waals surface area contributed by atoms with E-state index in [2.05, 4.69) is 20.8 Å². The van der Waals surface area contributed by atoms with Gasteiger partial charge in [0, 0.05) is 0 Å². The Morgan fingerprint density at radius 2 is 1.02 bits per heavy atom. The van der Waals surface area contributed by atoms with E-state index in [1.54, 1.807) is 36.4 Å². The van der Waals surface area contributed by atoms with E-state index in [-0.39, 0.29) is 5.97 Å². The molecule has 0 saturated carbocycles. The summed E-state index contributed by atoms with van der Waals surface area (Å²) in [5.74, 6) is 0.863. The minimum absolute atomic E-state index is 0.307. The first-order chi connectivity index (χ1) is 21.5. The second-order valence-corrected chi connectivity index (χ2v) is 11.9. The van der Waals surface area contributed by atoms with Crippen LogP contribution in [0.4, 0.5) is 0 Å². The standard InChI is InChI=1S/C39H52O5/c1-4-6-7-8-9-10-11-12-13-14-15-16-29-42-36-25-23-35(24-26-36)39(41)44-37-27-21-33(22-28-37)32-17-19-34(20-18-32)38(40)43-30-31(3)5-2/h17-28,31H,4-16,29-30H2,1-3H3. The van der Waals surface area contributed by atoms with Crippen LogP contribution in [0.3, 0.4) is 0 Å². The number of hydrogen-bond donors (Lipinski definition) is 0. The van der Waals surface area contributed by atoms with Crippen LogP contribution in [-0.4, -0.2) is 25.2 Å². The van der Waals surface area contributed by atoms with Gasteiger partial charge in [0.1, 0.15) is 11.5 Å². The quantitative estimate of drug-likeness (QED) is 0.0691. The van der Waals surface area contributed by atoms with Gasteiger partial charge in [0.25, 0.3) is 0 Å². The summed E-state index contributed by atoms with van der Waals surface area (Å²) in [5, 5.41) is 0. The number of unbranched alkanes of at least 4 members (excludes halogenated alkanes) is 11. The van der Waals surface area contributed by atoms with Crippen LogP contribution in [0.5, 0.6) is 11.5 Å². The van der Waals surface area contributed by atoms with Gasteiger partial charge in [-0.05, 0) is 72.0 Å². The first kappa shape index (κ1) is 34.9. The number of rotatable bonds is 21.